The van der Waals surface area contributed by atoms with Gasteiger partial charge < -0.3 is 20.3 Å². The van der Waals surface area contributed by atoms with Crippen LogP contribution in [0.25, 0.3) is 0 Å². The zero-order chi connectivity index (χ0) is 18.0. The Morgan fingerprint density at radius 2 is 2.16 bits per heavy atom. The van der Waals surface area contributed by atoms with Crippen LogP contribution in [0.3, 0.4) is 0 Å². The van der Waals surface area contributed by atoms with Crippen LogP contribution in [0.15, 0.2) is 41.3 Å². The highest BCUT2D eigenvalue weighted by atomic mass is 16.5. The zero-order valence-electron chi connectivity index (χ0n) is 13.6. The average Bonchev–Trinajstić information content (AvgIpc) is 2.96. The first-order valence-electron chi connectivity index (χ1n) is 7.90. The Balaban J connectivity index is 1.76. The number of hydrogen-bond donors (Lipinski definition) is 3. The Morgan fingerprint density at radius 1 is 1.40 bits per heavy atom. The topological polar surface area (TPSA) is 114 Å². The molecular formula is C17H19N3O5. The van der Waals surface area contributed by atoms with E-state index in [1.54, 1.807) is 12.1 Å². The molecule has 0 bridgehead atoms. The molecule has 0 saturated carbocycles. The van der Waals surface area contributed by atoms with Gasteiger partial charge >= 0.3 is 5.69 Å². The van der Waals surface area contributed by atoms with Crippen molar-refractivity contribution in [1.29, 1.82) is 0 Å². The molecular weight excluding hydrogens is 326 g/mol. The van der Waals surface area contributed by atoms with Gasteiger partial charge in [0.1, 0.15) is 18.1 Å². The molecule has 0 unspecified atom stereocenters. The summed E-state index contributed by atoms with van der Waals surface area (Å²) in [5, 5.41) is 21.5. The maximum atomic E-state index is 12.3. The van der Waals surface area contributed by atoms with Crippen LogP contribution in [0.5, 0.6) is 0 Å². The standard InChI is InChI=1S/C17H19N3O5/c1-10-4-2-3-5-11(10)16(23)18-14-6-7-20(17(24)19-14)15-8-12(22)13(9-21)25-15/h2-7,12-13,15,21-22H,8-9H2,1H3,(H,18,19,23,24)/t12-,13+,15+/m0/s1. The molecule has 132 valence electrons. The summed E-state index contributed by atoms with van der Waals surface area (Å²) < 4.78 is 6.66. The van der Waals surface area contributed by atoms with Crippen molar-refractivity contribution in [3.05, 3.63) is 58.1 Å². The van der Waals surface area contributed by atoms with E-state index in [-0.39, 0.29) is 24.8 Å². The lowest BCUT2D eigenvalue weighted by molar-refractivity contribution is -0.0458. The average molecular weight is 345 g/mol. The maximum absolute atomic E-state index is 12.3. The van der Waals surface area contributed by atoms with Gasteiger partial charge in [-0.05, 0) is 24.6 Å². The van der Waals surface area contributed by atoms with Gasteiger partial charge in [-0.25, -0.2) is 4.79 Å². The summed E-state index contributed by atoms with van der Waals surface area (Å²) in [6.45, 7) is 1.49. The number of carbonyl (C=O) groups excluding carboxylic acids is 1. The van der Waals surface area contributed by atoms with Crippen molar-refractivity contribution in [3.63, 3.8) is 0 Å². The molecule has 8 nitrogen and oxygen atoms in total. The van der Waals surface area contributed by atoms with E-state index in [1.165, 1.54) is 16.8 Å². The number of nitrogens with one attached hydrogen (secondary N) is 1. The lowest BCUT2D eigenvalue weighted by Crippen LogP contribution is -2.28. The molecule has 2 aromatic rings. The van der Waals surface area contributed by atoms with Crippen molar-refractivity contribution in [1.82, 2.24) is 9.55 Å². The molecule has 8 heteroatoms. The van der Waals surface area contributed by atoms with Crippen LogP contribution in [0.1, 0.15) is 28.6 Å². The normalized spacial score (nSPS) is 22.8. The fourth-order valence-electron chi connectivity index (χ4n) is 2.76. The Hall–Kier alpha value is -2.55. The molecule has 1 amide bonds. The molecule has 3 N–H and O–H groups in total. The van der Waals surface area contributed by atoms with Gasteiger partial charge in [0.2, 0.25) is 0 Å². The van der Waals surface area contributed by atoms with E-state index in [4.69, 9.17) is 9.84 Å². The Labute approximate surface area is 143 Å². The number of aryl methyl sites for hydroxylation is 1. The van der Waals surface area contributed by atoms with Crippen molar-refractivity contribution < 1.29 is 19.7 Å². The van der Waals surface area contributed by atoms with Crippen LogP contribution < -0.4 is 11.0 Å². The molecule has 2 heterocycles. The summed E-state index contributed by atoms with van der Waals surface area (Å²) in [5.74, 6) is -0.220. The number of amides is 1. The number of rotatable bonds is 4. The quantitative estimate of drug-likeness (QED) is 0.741. The van der Waals surface area contributed by atoms with Crippen molar-refractivity contribution in [2.45, 2.75) is 31.8 Å². The van der Waals surface area contributed by atoms with E-state index >= 15 is 0 Å². The second kappa shape index (κ2) is 7.14. The molecule has 1 aliphatic rings. The fraction of sp³-hybridized carbons (Fsp3) is 0.353. The Morgan fingerprint density at radius 3 is 2.80 bits per heavy atom. The second-order valence-corrected chi connectivity index (χ2v) is 5.89. The predicted molar refractivity (Wildman–Crippen MR) is 89.2 cm³/mol. The van der Waals surface area contributed by atoms with Crippen LogP contribution >= 0.6 is 0 Å². The van der Waals surface area contributed by atoms with Crippen LogP contribution in [-0.4, -0.2) is 44.5 Å². The molecule has 0 spiro atoms. The van der Waals surface area contributed by atoms with Crippen molar-refractivity contribution >= 4 is 11.7 Å². The van der Waals surface area contributed by atoms with Crippen LogP contribution in [0.2, 0.25) is 0 Å². The lowest BCUT2D eigenvalue weighted by atomic mass is 10.1. The number of carbonyl (C=O) groups is 1. The number of aliphatic hydroxyl groups is 2. The minimum absolute atomic E-state index is 0.131. The number of aliphatic hydroxyl groups excluding tert-OH is 2. The summed E-state index contributed by atoms with van der Waals surface area (Å²) in [6, 6.07) is 8.59. The smallest absolute Gasteiger partial charge is 0.351 e. The van der Waals surface area contributed by atoms with Crippen molar-refractivity contribution in [2.24, 2.45) is 0 Å². The molecule has 1 fully saturated rings. The maximum Gasteiger partial charge on any atom is 0.351 e. The summed E-state index contributed by atoms with van der Waals surface area (Å²) in [7, 11) is 0. The van der Waals surface area contributed by atoms with Gasteiger partial charge in [-0.3, -0.25) is 9.36 Å². The fourth-order valence-corrected chi connectivity index (χ4v) is 2.76. The molecule has 1 aliphatic heterocycles. The second-order valence-electron chi connectivity index (χ2n) is 5.89. The van der Waals surface area contributed by atoms with Crippen molar-refractivity contribution in [3.8, 4) is 0 Å². The minimum atomic E-state index is -0.845. The van der Waals surface area contributed by atoms with Gasteiger partial charge in [-0.2, -0.15) is 4.98 Å². The molecule has 3 rings (SSSR count). The molecule has 0 aliphatic carbocycles. The number of aromatic nitrogens is 2. The van der Waals surface area contributed by atoms with E-state index in [2.05, 4.69) is 10.3 Å². The summed E-state index contributed by atoms with van der Waals surface area (Å²) in [5.41, 5.74) is 0.705. The molecule has 0 radical (unpaired) electrons. The number of nitrogens with zero attached hydrogens (tertiary/aromatic N) is 2. The monoisotopic (exact) mass is 345 g/mol. The third-order valence-corrected chi connectivity index (χ3v) is 4.16. The highest BCUT2D eigenvalue weighted by Crippen LogP contribution is 2.27. The Bertz CT molecular complexity index is 835. The minimum Gasteiger partial charge on any atom is -0.394 e. The van der Waals surface area contributed by atoms with Crippen LogP contribution in [-0.2, 0) is 4.74 Å². The zero-order valence-corrected chi connectivity index (χ0v) is 13.6. The van der Waals surface area contributed by atoms with E-state index in [0.29, 0.717) is 5.56 Å². The SMILES string of the molecule is Cc1ccccc1C(=O)Nc1ccn([C@H]2C[C@H](O)[C@@H](CO)O2)c(=O)n1. The third-order valence-electron chi connectivity index (χ3n) is 4.16. The van der Waals surface area contributed by atoms with Gasteiger partial charge in [0, 0.05) is 18.2 Å². The van der Waals surface area contributed by atoms with Gasteiger partial charge in [0.15, 0.2) is 0 Å². The summed E-state index contributed by atoms with van der Waals surface area (Å²) in [4.78, 5) is 28.3. The number of hydrogen-bond acceptors (Lipinski definition) is 6. The predicted octanol–water partition coefficient (Wildman–Crippen LogP) is 0.445. The largest absolute Gasteiger partial charge is 0.394 e. The van der Waals surface area contributed by atoms with E-state index in [9.17, 15) is 14.7 Å². The lowest BCUT2D eigenvalue weighted by Gasteiger charge is -2.14. The number of benzene rings is 1. The molecule has 1 aromatic heterocycles. The van der Waals surface area contributed by atoms with Crippen LogP contribution in [0, 0.1) is 6.92 Å². The highest BCUT2D eigenvalue weighted by molar-refractivity contribution is 6.04. The van der Waals surface area contributed by atoms with Crippen molar-refractivity contribution in [2.75, 3.05) is 11.9 Å². The Kier molecular flexibility index (Phi) is 4.93. The van der Waals surface area contributed by atoms with E-state index in [1.807, 2.05) is 19.1 Å². The number of anilines is 1. The van der Waals surface area contributed by atoms with Gasteiger partial charge in [0.05, 0.1) is 12.7 Å². The van der Waals surface area contributed by atoms with E-state index < -0.39 is 24.1 Å². The highest BCUT2D eigenvalue weighted by Gasteiger charge is 2.34. The van der Waals surface area contributed by atoms with Gasteiger partial charge in [-0.1, -0.05) is 18.2 Å². The molecule has 1 aromatic carbocycles. The van der Waals surface area contributed by atoms with Gasteiger partial charge in [-0.15, -0.1) is 0 Å². The van der Waals surface area contributed by atoms with E-state index in [0.717, 1.165) is 5.56 Å². The first-order valence-corrected chi connectivity index (χ1v) is 7.90. The first-order chi connectivity index (χ1) is 12.0. The molecule has 3 atom stereocenters. The summed E-state index contributed by atoms with van der Waals surface area (Å²) in [6.07, 6.45) is -0.644. The number of ether oxygens (including phenoxy) is 1. The summed E-state index contributed by atoms with van der Waals surface area (Å²) >= 11 is 0. The van der Waals surface area contributed by atoms with Crippen LogP contribution in [0.4, 0.5) is 5.82 Å². The third kappa shape index (κ3) is 3.60. The molecule has 1 saturated heterocycles. The first kappa shape index (κ1) is 17.3. The molecule has 25 heavy (non-hydrogen) atoms. The van der Waals surface area contributed by atoms with Gasteiger partial charge in [0.25, 0.3) is 5.91 Å².